The molecule has 1 aromatic heterocycles. The van der Waals surface area contributed by atoms with Crippen LogP contribution < -0.4 is 10.1 Å². The molecule has 0 aliphatic heterocycles. The first kappa shape index (κ1) is 18.8. The minimum atomic E-state index is -0.902. The van der Waals surface area contributed by atoms with Crippen LogP contribution in [0.25, 0.3) is 21.3 Å². The molecule has 2 bridgehead atoms. The molecule has 1 heterocycles. The van der Waals surface area contributed by atoms with Gasteiger partial charge in [-0.15, -0.1) is 0 Å². The first-order valence-electron chi connectivity index (χ1n) is 9.80. The Balaban J connectivity index is 1.38. The van der Waals surface area contributed by atoms with Crippen molar-refractivity contribution in [3.8, 4) is 16.9 Å². The quantitative estimate of drug-likeness (QED) is 0.596. The second-order valence-electron chi connectivity index (χ2n) is 7.76. The van der Waals surface area contributed by atoms with Gasteiger partial charge in [0, 0.05) is 0 Å². The molecule has 1 fully saturated rings. The van der Waals surface area contributed by atoms with Crippen LogP contribution in [-0.2, 0) is 9.59 Å². The summed E-state index contributed by atoms with van der Waals surface area (Å²) in [6.45, 7) is 0. The van der Waals surface area contributed by atoms with Crippen molar-refractivity contribution in [3.05, 3.63) is 54.6 Å². The summed E-state index contributed by atoms with van der Waals surface area (Å²) in [5, 5.41) is 12.9. The van der Waals surface area contributed by atoms with Gasteiger partial charge in [-0.05, 0) is 53.6 Å². The van der Waals surface area contributed by atoms with E-state index in [2.05, 4.69) is 10.3 Å². The lowest BCUT2D eigenvalue weighted by atomic mass is 9.82. The summed E-state index contributed by atoms with van der Waals surface area (Å²) in [5.41, 5.74) is 2.92. The molecule has 3 aromatic rings. The number of methoxy groups -OCH3 is 1. The summed E-state index contributed by atoms with van der Waals surface area (Å²) >= 11 is 1.40. The third-order valence-electron chi connectivity index (χ3n) is 6.09. The van der Waals surface area contributed by atoms with E-state index in [4.69, 9.17) is 4.74 Å². The van der Waals surface area contributed by atoms with E-state index in [0.29, 0.717) is 5.13 Å². The molecule has 0 radical (unpaired) electrons. The van der Waals surface area contributed by atoms with Gasteiger partial charge in [-0.2, -0.15) is 0 Å². The summed E-state index contributed by atoms with van der Waals surface area (Å²) in [4.78, 5) is 29.1. The molecule has 7 heteroatoms. The standard InChI is InChI=1S/C23H20N2O4S/c1-29-16-7-4-12(5-8-16)13-6-9-17-18(11-13)30-23(24-17)25-21(26)19-14-2-3-15(10-14)20(19)22(27)28/h2-9,11,14-15,19-20H,10H2,1H3,(H,27,28)(H,24,25,26)/t14?,15?,19-,20+/m1/s1. The molecular weight excluding hydrogens is 400 g/mol. The number of hydrogen-bond donors (Lipinski definition) is 2. The molecule has 0 spiro atoms. The average Bonchev–Trinajstić information content (AvgIpc) is 3.46. The van der Waals surface area contributed by atoms with Crippen LogP contribution in [0.1, 0.15) is 6.42 Å². The Morgan fingerprint density at radius 1 is 1.07 bits per heavy atom. The number of anilines is 1. The second kappa shape index (κ2) is 7.25. The average molecular weight is 420 g/mol. The monoisotopic (exact) mass is 420 g/mol. The van der Waals surface area contributed by atoms with E-state index in [1.807, 2.05) is 54.6 Å². The molecule has 152 valence electrons. The number of aliphatic carboxylic acids is 1. The van der Waals surface area contributed by atoms with E-state index in [-0.39, 0.29) is 17.7 Å². The van der Waals surface area contributed by atoms with Crippen molar-refractivity contribution < 1.29 is 19.4 Å². The Bertz CT molecular complexity index is 1170. The summed E-state index contributed by atoms with van der Waals surface area (Å²) < 4.78 is 6.17. The van der Waals surface area contributed by atoms with Gasteiger partial charge in [0.25, 0.3) is 0 Å². The summed E-state index contributed by atoms with van der Waals surface area (Å²) in [7, 11) is 1.64. The molecule has 1 amide bonds. The number of nitrogens with one attached hydrogen (secondary N) is 1. The van der Waals surface area contributed by atoms with Crippen LogP contribution in [0.3, 0.4) is 0 Å². The maximum atomic E-state index is 12.9. The topological polar surface area (TPSA) is 88.5 Å². The number of fused-ring (bicyclic) bond motifs is 3. The van der Waals surface area contributed by atoms with Gasteiger partial charge >= 0.3 is 5.97 Å². The molecule has 5 rings (SSSR count). The lowest BCUT2D eigenvalue weighted by molar-refractivity contribution is -0.146. The molecule has 2 aliphatic rings. The van der Waals surface area contributed by atoms with Crippen LogP contribution >= 0.6 is 11.3 Å². The van der Waals surface area contributed by atoms with Crippen LogP contribution in [0.15, 0.2) is 54.6 Å². The summed E-state index contributed by atoms with van der Waals surface area (Å²) in [5.74, 6) is -1.61. The fraction of sp³-hybridized carbons (Fsp3) is 0.261. The molecule has 6 nitrogen and oxygen atoms in total. The largest absolute Gasteiger partial charge is 0.497 e. The highest BCUT2D eigenvalue weighted by Gasteiger charge is 2.51. The number of carbonyl (C=O) groups is 2. The van der Waals surface area contributed by atoms with E-state index in [1.54, 1.807) is 7.11 Å². The van der Waals surface area contributed by atoms with Crippen LogP contribution in [0.4, 0.5) is 5.13 Å². The minimum absolute atomic E-state index is 0.00727. The molecule has 30 heavy (non-hydrogen) atoms. The third kappa shape index (κ3) is 3.15. The summed E-state index contributed by atoms with van der Waals surface area (Å²) in [6, 6.07) is 13.8. The molecule has 2 aromatic carbocycles. The van der Waals surface area contributed by atoms with Gasteiger partial charge in [-0.1, -0.05) is 41.7 Å². The first-order valence-corrected chi connectivity index (χ1v) is 10.6. The Morgan fingerprint density at radius 3 is 2.47 bits per heavy atom. The van der Waals surface area contributed by atoms with Crippen LogP contribution in [0.5, 0.6) is 5.75 Å². The number of hydrogen-bond acceptors (Lipinski definition) is 5. The van der Waals surface area contributed by atoms with Gasteiger partial charge in [-0.25, -0.2) is 4.98 Å². The maximum Gasteiger partial charge on any atom is 0.307 e. The zero-order valence-corrected chi connectivity index (χ0v) is 17.1. The van der Waals surface area contributed by atoms with E-state index in [1.165, 1.54) is 11.3 Å². The van der Waals surface area contributed by atoms with Crippen LogP contribution in [0.2, 0.25) is 0 Å². The van der Waals surface area contributed by atoms with Crippen LogP contribution in [-0.4, -0.2) is 29.1 Å². The number of amides is 1. The lowest BCUT2D eigenvalue weighted by Crippen LogP contribution is -2.36. The van der Waals surface area contributed by atoms with Gasteiger partial charge in [0.2, 0.25) is 5.91 Å². The van der Waals surface area contributed by atoms with E-state index >= 15 is 0 Å². The number of carbonyl (C=O) groups excluding carboxylic acids is 1. The smallest absolute Gasteiger partial charge is 0.307 e. The molecule has 0 saturated heterocycles. The number of rotatable bonds is 5. The fourth-order valence-corrected chi connectivity index (χ4v) is 5.55. The molecular formula is C23H20N2O4S. The van der Waals surface area contributed by atoms with Gasteiger partial charge < -0.3 is 15.2 Å². The van der Waals surface area contributed by atoms with E-state index in [0.717, 1.165) is 33.5 Å². The SMILES string of the molecule is COc1ccc(-c2ccc3nc(NC(=O)[C@@H]4C5C=CC(C5)[C@@H]4C(=O)O)sc3c2)cc1. The number of nitrogens with zero attached hydrogens (tertiary/aromatic N) is 1. The van der Waals surface area contributed by atoms with Crippen molar-refractivity contribution >= 4 is 38.6 Å². The normalized spacial score (nSPS) is 24.3. The van der Waals surface area contributed by atoms with E-state index < -0.39 is 17.8 Å². The highest BCUT2D eigenvalue weighted by atomic mass is 32.1. The number of carboxylic acid groups (broad SMARTS) is 1. The maximum absolute atomic E-state index is 12.9. The number of allylic oxidation sites excluding steroid dienone is 2. The second-order valence-corrected chi connectivity index (χ2v) is 8.79. The van der Waals surface area contributed by atoms with Gasteiger partial charge in [-0.3, -0.25) is 9.59 Å². The van der Waals surface area contributed by atoms with Gasteiger partial charge in [0.15, 0.2) is 5.13 Å². The van der Waals surface area contributed by atoms with Crippen molar-refractivity contribution in [3.63, 3.8) is 0 Å². The molecule has 2 N–H and O–H groups in total. The zero-order chi connectivity index (χ0) is 20.8. The molecule has 4 atom stereocenters. The Morgan fingerprint density at radius 2 is 1.77 bits per heavy atom. The number of ether oxygens (including phenoxy) is 1. The van der Waals surface area contributed by atoms with Crippen LogP contribution in [0, 0.1) is 23.7 Å². The fourth-order valence-electron chi connectivity index (χ4n) is 4.65. The highest BCUT2D eigenvalue weighted by molar-refractivity contribution is 7.22. The van der Waals surface area contributed by atoms with Crippen molar-refractivity contribution in [2.45, 2.75) is 6.42 Å². The lowest BCUT2D eigenvalue weighted by Gasteiger charge is -2.23. The highest BCUT2D eigenvalue weighted by Crippen LogP contribution is 2.48. The van der Waals surface area contributed by atoms with Crippen molar-refractivity contribution in [2.75, 3.05) is 12.4 Å². The zero-order valence-electron chi connectivity index (χ0n) is 16.2. The first-order chi connectivity index (χ1) is 14.5. The Labute approximate surface area is 177 Å². The molecule has 2 unspecified atom stereocenters. The van der Waals surface area contributed by atoms with Crippen molar-refractivity contribution in [1.82, 2.24) is 4.98 Å². The molecule has 1 saturated carbocycles. The number of thiazole rings is 1. The molecule has 2 aliphatic carbocycles. The van der Waals surface area contributed by atoms with Gasteiger partial charge in [0.05, 0.1) is 29.2 Å². The predicted molar refractivity (Wildman–Crippen MR) is 116 cm³/mol. The Kier molecular flexibility index (Phi) is 4.55. The number of benzene rings is 2. The third-order valence-corrected chi connectivity index (χ3v) is 7.02. The number of carboxylic acids is 1. The Hall–Kier alpha value is -3.19. The van der Waals surface area contributed by atoms with Gasteiger partial charge in [0.1, 0.15) is 5.75 Å². The summed E-state index contributed by atoms with van der Waals surface area (Å²) in [6.07, 6.45) is 4.65. The predicted octanol–water partition coefficient (Wildman–Crippen LogP) is 4.43. The van der Waals surface area contributed by atoms with E-state index in [9.17, 15) is 14.7 Å². The minimum Gasteiger partial charge on any atom is -0.497 e. The van der Waals surface area contributed by atoms with Crippen molar-refractivity contribution in [1.29, 1.82) is 0 Å². The number of aromatic nitrogens is 1. The van der Waals surface area contributed by atoms with Crippen molar-refractivity contribution in [2.24, 2.45) is 23.7 Å².